The molecule has 2 bridgehead atoms. The molecule has 100 valence electrons. The van der Waals surface area contributed by atoms with Crippen molar-refractivity contribution in [2.24, 2.45) is 11.8 Å². The topological polar surface area (TPSA) is 20.3 Å². The summed E-state index contributed by atoms with van der Waals surface area (Å²) in [4.78, 5) is 14.8. The monoisotopic (exact) mass is 319 g/mol. The van der Waals surface area contributed by atoms with E-state index < -0.39 is 0 Å². The van der Waals surface area contributed by atoms with Gasteiger partial charge in [-0.2, -0.15) is 0 Å². The Bertz CT molecular complexity index is 534. The van der Waals surface area contributed by atoms with Crippen LogP contribution in [-0.4, -0.2) is 16.8 Å². The third-order valence-corrected chi connectivity index (χ3v) is 5.80. The van der Waals surface area contributed by atoms with Gasteiger partial charge < -0.3 is 4.90 Å². The lowest BCUT2D eigenvalue weighted by Gasteiger charge is -2.46. The maximum absolute atomic E-state index is 12.6. The molecular formula is C16H18BrNO. The van der Waals surface area contributed by atoms with E-state index in [4.69, 9.17) is 0 Å². The fraction of sp³-hybridized carbons (Fsp3) is 0.562. The number of benzene rings is 1. The summed E-state index contributed by atoms with van der Waals surface area (Å²) in [7, 11) is 0. The predicted octanol–water partition coefficient (Wildman–Crippen LogP) is 3.98. The molecule has 0 aromatic heterocycles. The SMILES string of the molecule is O=C1c2ccc(Br)cc2CN1C1CC2CCC1CC2. The van der Waals surface area contributed by atoms with Gasteiger partial charge in [-0.3, -0.25) is 4.79 Å². The van der Waals surface area contributed by atoms with Crippen molar-refractivity contribution in [1.29, 1.82) is 0 Å². The molecule has 3 heteroatoms. The van der Waals surface area contributed by atoms with Crippen molar-refractivity contribution in [3.8, 4) is 0 Å². The number of carbonyl (C=O) groups is 1. The Morgan fingerprint density at radius 2 is 1.95 bits per heavy atom. The summed E-state index contributed by atoms with van der Waals surface area (Å²) in [5, 5.41) is 0. The molecule has 0 spiro atoms. The van der Waals surface area contributed by atoms with Gasteiger partial charge in [0.15, 0.2) is 0 Å². The first kappa shape index (κ1) is 12.0. The number of amides is 1. The first-order valence-corrected chi connectivity index (χ1v) is 8.11. The molecule has 1 aromatic rings. The molecule has 0 radical (unpaired) electrons. The van der Waals surface area contributed by atoms with Crippen molar-refractivity contribution in [3.05, 3.63) is 33.8 Å². The van der Waals surface area contributed by atoms with Crippen LogP contribution >= 0.6 is 15.9 Å². The number of rotatable bonds is 1. The lowest BCUT2D eigenvalue weighted by Crippen LogP contribution is -2.47. The molecule has 5 rings (SSSR count). The third kappa shape index (κ3) is 1.85. The maximum Gasteiger partial charge on any atom is 0.254 e. The second kappa shape index (κ2) is 4.34. The largest absolute Gasteiger partial charge is 0.331 e. The average Bonchev–Trinajstić information content (AvgIpc) is 2.76. The Morgan fingerprint density at radius 3 is 2.63 bits per heavy atom. The summed E-state index contributed by atoms with van der Waals surface area (Å²) in [6, 6.07) is 6.57. The fourth-order valence-electron chi connectivity index (χ4n) is 4.30. The highest BCUT2D eigenvalue weighted by molar-refractivity contribution is 9.10. The van der Waals surface area contributed by atoms with Crippen molar-refractivity contribution in [2.45, 2.75) is 44.7 Å². The second-order valence-corrected chi connectivity index (χ2v) is 7.23. The van der Waals surface area contributed by atoms with Crippen molar-refractivity contribution < 1.29 is 4.79 Å². The van der Waals surface area contributed by atoms with E-state index >= 15 is 0 Å². The van der Waals surface area contributed by atoms with Gasteiger partial charge in [-0.05, 0) is 54.9 Å². The lowest BCUT2D eigenvalue weighted by atomic mass is 9.67. The average molecular weight is 320 g/mol. The number of carbonyl (C=O) groups excluding carboxylic acids is 1. The third-order valence-electron chi connectivity index (χ3n) is 5.31. The zero-order chi connectivity index (χ0) is 13.0. The minimum atomic E-state index is 0.264. The summed E-state index contributed by atoms with van der Waals surface area (Å²) >= 11 is 3.50. The molecule has 3 fully saturated rings. The highest BCUT2D eigenvalue weighted by Gasteiger charge is 2.42. The van der Waals surface area contributed by atoms with E-state index in [2.05, 4.69) is 26.9 Å². The fourth-order valence-corrected chi connectivity index (χ4v) is 4.71. The molecule has 1 heterocycles. The van der Waals surface area contributed by atoms with Gasteiger partial charge in [0.05, 0.1) is 0 Å². The van der Waals surface area contributed by atoms with Crippen LogP contribution in [0.4, 0.5) is 0 Å². The molecule has 1 amide bonds. The Hall–Kier alpha value is -0.830. The van der Waals surface area contributed by atoms with Crippen molar-refractivity contribution in [1.82, 2.24) is 4.90 Å². The van der Waals surface area contributed by atoms with Gasteiger partial charge in [0.25, 0.3) is 5.91 Å². The molecule has 1 unspecified atom stereocenters. The maximum atomic E-state index is 12.6. The van der Waals surface area contributed by atoms with Crippen LogP contribution in [0.15, 0.2) is 22.7 Å². The van der Waals surface area contributed by atoms with Gasteiger partial charge in [-0.15, -0.1) is 0 Å². The number of fused-ring (bicyclic) bond motifs is 4. The van der Waals surface area contributed by atoms with Gasteiger partial charge in [0.1, 0.15) is 0 Å². The van der Waals surface area contributed by atoms with Gasteiger partial charge >= 0.3 is 0 Å². The molecule has 2 nitrogen and oxygen atoms in total. The summed E-state index contributed by atoms with van der Waals surface area (Å²) in [6.45, 7) is 0.821. The number of nitrogens with zero attached hydrogens (tertiary/aromatic N) is 1. The van der Waals surface area contributed by atoms with E-state index in [-0.39, 0.29) is 5.91 Å². The normalized spacial score (nSPS) is 32.8. The van der Waals surface area contributed by atoms with Crippen LogP contribution in [0.25, 0.3) is 0 Å². The van der Waals surface area contributed by atoms with Crippen molar-refractivity contribution in [2.75, 3.05) is 0 Å². The van der Waals surface area contributed by atoms with E-state index in [0.717, 1.165) is 28.4 Å². The van der Waals surface area contributed by atoms with Crippen LogP contribution in [0, 0.1) is 11.8 Å². The minimum absolute atomic E-state index is 0.264. The highest BCUT2D eigenvalue weighted by Crippen LogP contribution is 2.45. The van der Waals surface area contributed by atoms with E-state index in [1.54, 1.807) is 0 Å². The van der Waals surface area contributed by atoms with E-state index in [1.165, 1.54) is 37.7 Å². The van der Waals surface area contributed by atoms with E-state index in [1.807, 2.05) is 12.1 Å². The van der Waals surface area contributed by atoms with E-state index in [9.17, 15) is 4.79 Å². The summed E-state index contributed by atoms with van der Waals surface area (Å²) in [5.41, 5.74) is 2.12. The van der Waals surface area contributed by atoms with E-state index in [0.29, 0.717) is 6.04 Å². The van der Waals surface area contributed by atoms with Crippen LogP contribution in [0.5, 0.6) is 0 Å². The Labute approximate surface area is 122 Å². The quantitative estimate of drug-likeness (QED) is 0.766. The molecule has 19 heavy (non-hydrogen) atoms. The molecule has 3 saturated carbocycles. The molecule has 0 saturated heterocycles. The molecule has 4 aliphatic rings. The summed E-state index contributed by atoms with van der Waals surface area (Å²) < 4.78 is 1.08. The second-order valence-electron chi connectivity index (χ2n) is 6.32. The van der Waals surface area contributed by atoms with Crippen LogP contribution in [0.3, 0.4) is 0 Å². The zero-order valence-electron chi connectivity index (χ0n) is 10.9. The zero-order valence-corrected chi connectivity index (χ0v) is 12.5. The van der Waals surface area contributed by atoms with Crippen LogP contribution < -0.4 is 0 Å². The standard InChI is InChI=1S/C16H18BrNO/c17-13-5-6-14-12(8-13)9-18(16(14)19)15-7-10-1-3-11(15)4-2-10/h5-6,8,10-11,15H,1-4,7,9H2. The summed E-state index contributed by atoms with van der Waals surface area (Å²) in [5.74, 6) is 1.89. The number of hydrogen-bond acceptors (Lipinski definition) is 1. The first-order valence-electron chi connectivity index (χ1n) is 7.32. The van der Waals surface area contributed by atoms with Gasteiger partial charge in [-0.25, -0.2) is 0 Å². The Morgan fingerprint density at radius 1 is 1.16 bits per heavy atom. The van der Waals surface area contributed by atoms with Crippen molar-refractivity contribution in [3.63, 3.8) is 0 Å². The highest BCUT2D eigenvalue weighted by atomic mass is 79.9. The van der Waals surface area contributed by atoms with Crippen LogP contribution in [0.1, 0.15) is 48.0 Å². The molecular weight excluding hydrogens is 302 g/mol. The molecule has 1 aliphatic heterocycles. The predicted molar refractivity (Wildman–Crippen MR) is 77.9 cm³/mol. The van der Waals surface area contributed by atoms with Crippen LogP contribution in [-0.2, 0) is 6.54 Å². The molecule has 0 N–H and O–H groups in total. The number of hydrogen-bond donors (Lipinski definition) is 0. The molecule has 3 aliphatic carbocycles. The minimum Gasteiger partial charge on any atom is -0.331 e. The van der Waals surface area contributed by atoms with Crippen LogP contribution in [0.2, 0.25) is 0 Å². The number of halogens is 1. The Kier molecular flexibility index (Phi) is 2.73. The summed E-state index contributed by atoms with van der Waals surface area (Å²) in [6.07, 6.45) is 6.69. The lowest BCUT2D eigenvalue weighted by molar-refractivity contribution is 0.0286. The van der Waals surface area contributed by atoms with Gasteiger partial charge in [0, 0.05) is 22.6 Å². The van der Waals surface area contributed by atoms with Crippen molar-refractivity contribution >= 4 is 21.8 Å². The first-order chi connectivity index (χ1) is 9.22. The Balaban J connectivity index is 1.63. The molecule has 1 aromatic carbocycles. The van der Waals surface area contributed by atoms with Gasteiger partial charge in [0.2, 0.25) is 0 Å². The van der Waals surface area contributed by atoms with Gasteiger partial charge in [-0.1, -0.05) is 28.8 Å². The smallest absolute Gasteiger partial charge is 0.254 e. The molecule has 1 atom stereocenters.